The lowest BCUT2D eigenvalue weighted by Crippen LogP contribution is -2.54. The fourth-order valence-electron chi connectivity index (χ4n) is 2.46. The number of primary amides is 1. The first-order valence-corrected chi connectivity index (χ1v) is 7.22. The van der Waals surface area contributed by atoms with Gasteiger partial charge >= 0.3 is 11.9 Å². The van der Waals surface area contributed by atoms with E-state index in [2.05, 4.69) is 5.32 Å². The summed E-state index contributed by atoms with van der Waals surface area (Å²) in [5, 5.41) is 19.8. The van der Waals surface area contributed by atoms with Gasteiger partial charge < -0.3 is 31.9 Å². The molecule has 1 saturated heterocycles. The van der Waals surface area contributed by atoms with Crippen LogP contribution in [0.1, 0.15) is 25.7 Å². The van der Waals surface area contributed by atoms with Gasteiger partial charge in [0.1, 0.15) is 12.1 Å². The second kappa shape index (κ2) is 8.24. The molecule has 1 aliphatic rings. The second-order valence-electron chi connectivity index (χ2n) is 5.46. The fourth-order valence-corrected chi connectivity index (χ4v) is 2.46. The molecule has 3 amide bonds. The van der Waals surface area contributed by atoms with Crippen molar-refractivity contribution < 1.29 is 34.2 Å². The number of hydrogen-bond donors (Lipinski definition) is 5. The number of rotatable bonds is 8. The molecule has 1 rings (SSSR count). The monoisotopic (exact) mass is 344 g/mol. The molecule has 0 aromatic carbocycles. The maximum Gasteiger partial charge on any atom is 0.326 e. The first kappa shape index (κ1) is 19.4. The van der Waals surface area contributed by atoms with Crippen molar-refractivity contribution in [2.45, 2.75) is 43.8 Å². The first-order chi connectivity index (χ1) is 11.1. The molecule has 3 atom stereocenters. The predicted octanol–water partition coefficient (Wildman–Crippen LogP) is -2.78. The quantitative estimate of drug-likeness (QED) is 0.312. The van der Waals surface area contributed by atoms with Crippen molar-refractivity contribution in [3.63, 3.8) is 0 Å². The summed E-state index contributed by atoms with van der Waals surface area (Å²) >= 11 is 0. The van der Waals surface area contributed by atoms with Crippen LogP contribution in [0.5, 0.6) is 0 Å². The average Bonchev–Trinajstić information content (AvgIpc) is 2.93. The largest absolute Gasteiger partial charge is 0.481 e. The Hall–Kier alpha value is -2.69. The van der Waals surface area contributed by atoms with Crippen molar-refractivity contribution in [3.05, 3.63) is 0 Å². The number of amides is 3. The van der Waals surface area contributed by atoms with Gasteiger partial charge in [-0.2, -0.15) is 0 Å². The third-order valence-corrected chi connectivity index (χ3v) is 3.57. The molecule has 0 aliphatic carbocycles. The third-order valence-electron chi connectivity index (χ3n) is 3.57. The standard InChI is InChI=1S/C13H20N4O7/c14-6(4-10(19)20)12(22)17-3-1-2-8(17)11(21)16-7(13(23)24)5-9(15)18/h6-8H,1-5,14H2,(H2,15,18)(H,16,21)(H,19,20)(H,23,24). The average molecular weight is 344 g/mol. The lowest BCUT2D eigenvalue weighted by atomic mass is 10.1. The second-order valence-corrected chi connectivity index (χ2v) is 5.46. The van der Waals surface area contributed by atoms with Crippen LogP contribution in [0.4, 0.5) is 0 Å². The maximum atomic E-state index is 12.2. The molecule has 3 unspecified atom stereocenters. The van der Waals surface area contributed by atoms with Gasteiger partial charge in [-0.3, -0.25) is 19.2 Å². The Kier molecular flexibility index (Phi) is 6.65. The molecule has 0 radical (unpaired) electrons. The minimum atomic E-state index is -1.50. The summed E-state index contributed by atoms with van der Waals surface area (Å²) in [6, 6.07) is -3.76. The van der Waals surface area contributed by atoms with E-state index in [1.807, 2.05) is 0 Å². The van der Waals surface area contributed by atoms with Crippen LogP contribution in [-0.2, 0) is 24.0 Å². The Morgan fingerprint density at radius 3 is 2.29 bits per heavy atom. The summed E-state index contributed by atoms with van der Waals surface area (Å²) in [5.41, 5.74) is 10.4. The number of carboxylic acid groups (broad SMARTS) is 2. The fraction of sp³-hybridized carbons (Fsp3) is 0.615. The minimum Gasteiger partial charge on any atom is -0.481 e. The Morgan fingerprint density at radius 1 is 1.17 bits per heavy atom. The summed E-state index contributed by atoms with van der Waals surface area (Å²) < 4.78 is 0. The zero-order chi connectivity index (χ0) is 18.4. The molecule has 0 aromatic heterocycles. The number of carbonyl (C=O) groups is 5. The van der Waals surface area contributed by atoms with Crippen molar-refractivity contribution in [1.82, 2.24) is 10.2 Å². The summed E-state index contributed by atoms with van der Waals surface area (Å²) in [4.78, 5) is 58.0. The van der Waals surface area contributed by atoms with E-state index < -0.39 is 60.6 Å². The highest BCUT2D eigenvalue weighted by molar-refractivity contribution is 5.94. The van der Waals surface area contributed by atoms with E-state index in [9.17, 15) is 24.0 Å². The van der Waals surface area contributed by atoms with Crippen molar-refractivity contribution in [3.8, 4) is 0 Å². The molecule has 11 nitrogen and oxygen atoms in total. The minimum absolute atomic E-state index is 0.206. The number of hydrogen-bond acceptors (Lipinski definition) is 6. The van der Waals surface area contributed by atoms with E-state index in [0.29, 0.717) is 6.42 Å². The zero-order valence-corrected chi connectivity index (χ0v) is 12.8. The Balaban J connectivity index is 2.77. The highest BCUT2D eigenvalue weighted by Gasteiger charge is 2.38. The van der Waals surface area contributed by atoms with Gasteiger partial charge in [-0.15, -0.1) is 0 Å². The Bertz CT molecular complexity index is 550. The van der Waals surface area contributed by atoms with Crippen LogP contribution in [-0.4, -0.2) is 69.4 Å². The van der Waals surface area contributed by atoms with Gasteiger partial charge in [-0.25, -0.2) is 4.79 Å². The van der Waals surface area contributed by atoms with Gasteiger partial charge in [0, 0.05) is 6.54 Å². The van der Waals surface area contributed by atoms with E-state index in [4.69, 9.17) is 21.7 Å². The first-order valence-electron chi connectivity index (χ1n) is 7.22. The molecular formula is C13H20N4O7. The van der Waals surface area contributed by atoms with E-state index in [0.717, 1.165) is 4.90 Å². The van der Waals surface area contributed by atoms with Crippen LogP contribution in [0.15, 0.2) is 0 Å². The molecule has 0 saturated carbocycles. The van der Waals surface area contributed by atoms with Crippen LogP contribution in [0, 0.1) is 0 Å². The predicted molar refractivity (Wildman–Crippen MR) is 78.3 cm³/mol. The SMILES string of the molecule is NC(=O)CC(NC(=O)C1CCCN1C(=O)C(N)CC(=O)O)C(=O)O. The lowest BCUT2D eigenvalue weighted by molar-refractivity contribution is -0.146. The topological polar surface area (TPSA) is 193 Å². The number of nitrogens with zero attached hydrogens (tertiary/aromatic N) is 1. The number of likely N-dealkylation sites (tertiary alicyclic amines) is 1. The van der Waals surface area contributed by atoms with Crippen molar-refractivity contribution in [1.29, 1.82) is 0 Å². The highest BCUT2D eigenvalue weighted by atomic mass is 16.4. The van der Waals surface area contributed by atoms with E-state index in [1.54, 1.807) is 0 Å². The normalized spacial score (nSPS) is 19.4. The highest BCUT2D eigenvalue weighted by Crippen LogP contribution is 2.19. The number of nitrogens with two attached hydrogens (primary N) is 2. The number of aliphatic carboxylic acids is 2. The van der Waals surface area contributed by atoms with Crippen LogP contribution >= 0.6 is 0 Å². The van der Waals surface area contributed by atoms with E-state index >= 15 is 0 Å². The van der Waals surface area contributed by atoms with Gasteiger partial charge in [-0.1, -0.05) is 0 Å². The van der Waals surface area contributed by atoms with Crippen LogP contribution in [0.2, 0.25) is 0 Å². The molecule has 0 aromatic rings. The van der Waals surface area contributed by atoms with Gasteiger partial charge in [0.25, 0.3) is 0 Å². The molecule has 1 heterocycles. The van der Waals surface area contributed by atoms with Crippen LogP contribution < -0.4 is 16.8 Å². The molecule has 0 bridgehead atoms. The molecule has 24 heavy (non-hydrogen) atoms. The number of carbonyl (C=O) groups excluding carboxylic acids is 3. The van der Waals surface area contributed by atoms with Gasteiger partial charge in [0.05, 0.1) is 18.9 Å². The molecule has 7 N–H and O–H groups in total. The smallest absolute Gasteiger partial charge is 0.326 e. The summed E-state index contributed by atoms with van der Waals surface area (Å²) in [5.74, 6) is -5.02. The summed E-state index contributed by atoms with van der Waals surface area (Å²) in [7, 11) is 0. The Morgan fingerprint density at radius 2 is 1.79 bits per heavy atom. The number of carboxylic acids is 2. The summed E-state index contributed by atoms with van der Waals surface area (Å²) in [6.07, 6.45) is -0.402. The zero-order valence-electron chi connectivity index (χ0n) is 12.8. The lowest BCUT2D eigenvalue weighted by Gasteiger charge is -2.27. The van der Waals surface area contributed by atoms with Gasteiger partial charge in [0.2, 0.25) is 17.7 Å². The summed E-state index contributed by atoms with van der Waals surface area (Å²) in [6.45, 7) is 0.206. The van der Waals surface area contributed by atoms with Gasteiger partial charge in [-0.05, 0) is 12.8 Å². The molecule has 1 fully saturated rings. The van der Waals surface area contributed by atoms with Crippen molar-refractivity contribution in [2.24, 2.45) is 11.5 Å². The van der Waals surface area contributed by atoms with Gasteiger partial charge in [0.15, 0.2) is 0 Å². The molecule has 134 valence electrons. The maximum absolute atomic E-state index is 12.2. The van der Waals surface area contributed by atoms with Crippen LogP contribution in [0.25, 0.3) is 0 Å². The molecule has 11 heteroatoms. The molecule has 1 aliphatic heterocycles. The molecular weight excluding hydrogens is 324 g/mol. The molecule has 0 spiro atoms. The van der Waals surface area contributed by atoms with Crippen molar-refractivity contribution >= 4 is 29.7 Å². The third kappa shape index (κ3) is 5.19. The van der Waals surface area contributed by atoms with Crippen molar-refractivity contribution in [2.75, 3.05) is 6.54 Å². The number of nitrogens with one attached hydrogen (secondary N) is 1. The Labute approximate surface area is 136 Å². The van der Waals surface area contributed by atoms with E-state index in [-0.39, 0.29) is 13.0 Å². The van der Waals surface area contributed by atoms with E-state index in [1.165, 1.54) is 0 Å². The van der Waals surface area contributed by atoms with Crippen LogP contribution in [0.3, 0.4) is 0 Å².